The van der Waals surface area contributed by atoms with E-state index in [1.54, 1.807) is 6.07 Å². The summed E-state index contributed by atoms with van der Waals surface area (Å²) in [7, 11) is 0. The summed E-state index contributed by atoms with van der Waals surface area (Å²) in [5.41, 5.74) is 1.09. The first kappa shape index (κ1) is 17.8. The van der Waals surface area contributed by atoms with Crippen LogP contribution in [0.1, 0.15) is 52.8 Å². The lowest BCUT2D eigenvalue weighted by Gasteiger charge is -2.35. The summed E-state index contributed by atoms with van der Waals surface area (Å²) in [5, 5.41) is 3.98. The Morgan fingerprint density at radius 1 is 1.11 bits per heavy atom. The second-order valence-corrected chi connectivity index (χ2v) is 7.56. The summed E-state index contributed by atoms with van der Waals surface area (Å²) in [6.45, 7) is 4.03. The van der Waals surface area contributed by atoms with Gasteiger partial charge in [-0.3, -0.25) is 9.59 Å². The fourth-order valence-corrected chi connectivity index (χ4v) is 4.18. The Labute approximate surface area is 159 Å². The van der Waals surface area contributed by atoms with E-state index in [1.807, 2.05) is 40.1 Å². The zero-order valence-corrected chi connectivity index (χ0v) is 15.6. The maximum absolute atomic E-state index is 13.0. The molecule has 0 N–H and O–H groups in total. The highest BCUT2D eigenvalue weighted by atomic mass is 16.5. The van der Waals surface area contributed by atoms with Crippen molar-refractivity contribution in [2.24, 2.45) is 5.92 Å². The van der Waals surface area contributed by atoms with Gasteiger partial charge in [-0.1, -0.05) is 30.3 Å². The van der Waals surface area contributed by atoms with Crippen molar-refractivity contribution in [3.05, 3.63) is 53.4 Å². The number of benzene rings is 1. The molecule has 1 aromatic carbocycles. The van der Waals surface area contributed by atoms with Gasteiger partial charge in [-0.15, -0.1) is 0 Å². The van der Waals surface area contributed by atoms with E-state index in [-0.39, 0.29) is 17.9 Å². The van der Waals surface area contributed by atoms with Crippen LogP contribution in [0.5, 0.6) is 0 Å². The molecule has 6 nitrogen and oxygen atoms in total. The third-order valence-electron chi connectivity index (χ3n) is 5.56. The molecule has 0 spiro atoms. The zero-order valence-electron chi connectivity index (χ0n) is 15.6. The molecular weight excluding hydrogens is 342 g/mol. The van der Waals surface area contributed by atoms with E-state index in [1.165, 1.54) is 0 Å². The summed E-state index contributed by atoms with van der Waals surface area (Å²) >= 11 is 0. The highest BCUT2D eigenvalue weighted by Gasteiger charge is 2.39. The second kappa shape index (κ2) is 7.55. The molecule has 27 heavy (non-hydrogen) atoms. The summed E-state index contributed by atoms with van der Waals surface area (Å²) in [6.07, 6.45) is 3.71. The number of aromatic nitrogens is 1. The molecule has 3 aliphatic rings. The molecule has 4 heterocycles. The van der Waals surface area contributed by atoms with E-state index < -0.39 is 0 Å². The number of hydrogen-bond acceptors (Lipinski definition) is 4. The van der Waals surface area contributed by atoms with Crippen molar-refractivity contribution in [1.29, 1.82) is 0 Å². The number of nitrogens with zero attached hydrogens (tertiary/aromatic N) is 3. The second-order valence-electron chi connectivity index (χ2n) is 7.56. The van der Waals surface area contributed by atoms with Gasteiger partial charge in [0.15, 0.2) is 5.69 Å². The van der Waals surface area contributed by atoms with Gasteiger partial charge in [0.1, 0.15) is 5.76 Å². The Morgan fingerprint density at radius 2 is 1.93 bits per heavy atom. The Balaban J connectivity index is 1.51. The Kier molecular flexibility index (Phi) is 4.97. The molecule has 0 unspecified atom stereocenters. The molecule has 1 aromatic heterocycles. The van der Waals surface area contributed by atoms with Crippen LogP contribution in [0.3, 0.4) is 0 Å². The normalized spacial score (nSPS) is 22.0. The van der Waals surface area contributed by atoms with Crippen LogP contribution in [0.15, 0.2) is 40.9 Å². The van der Waals surface area contributed by atoms with Crippen LogP contribution in [0.25, 0.3) is 0 Å². The number of rotatable bonds is 4. The Morgan fingerprint density at radius 3 is 2.70 bits per heavy atom. The number of aryl methyl sites for hydroxylation is 1. The quantitative estimate of drug-likeness (QED) is 0.833. The van der Waals surface area contributed by atoms with Crippen LogP contribution in [0.2, 0.25) is 0 Å². The van der Waals surface area contributed by atoms with E-state index in [0.717, 1.165) is 31.4 Å². The van der Waals surface area contributed by atoms with Crippen molar-refractivity contribution in [3.63, 3.8) is 0 Å². The predicted octanol–water partition coefficient (Wildman–Crippen LogP) is 3.00. The maximum Gasteiger partial charge on any atom is 0.276 e. The molecule has 142 valence electrons. The molecule has 3 fully saturated rings. The number of hydrogen-bond donors (Lipinski definition) is 0. The first-order chi connectivity index (χ1) is 13.2. The standard InChI is InChI=1S/C21H25N3O3/c1-2-6-18-11-19(22-27-18)21(26)24-13-15-9-10-17(24)14-23(12-15)20(25)16-7-4-3-5-8-16/h3-5,7-8,11,15,17H,2,6,9-10,12-14H2,1H3/t15-,17+/m0/s1. The molecule has 6 heteroatoms. The van der Waals surface area contributed by atoms with Crippen LogP contribution in [0, 0.1) is 5.92 Å². The van der Waals surface area contributed by atoms with Crippen LogP contribution < -0.4 is 0 Å². The minimum atomic E-state index is -0.0789. The third-order valence-corrected chi connectivity index (χ3v) is 5.56. The van der Waals surface area contributed by atoms with Crippen molar-refractivity contribution in [3.8, 4) is 0 Å². The minimum Gasteiger partial charge on any atom is -0.361 e. The van der Waals surface area contributed by atoms with Gasteiger partial charge < -0.3 is 14.3 Å². The SMILES string of the molecule is CCCc1cc(C(=O)N2C[C@H]3CC[C@@H]2CN(C(=O)c2ccccc2)C3)no1. The topological polar surface area (TPSA) is 66.7 Å². The largest absolute Gasteiger partial charge is 0.361 e. The number of carbonyl (C=O) groups excluding carboxylic acids is 2. The van der Waals surface area contributed by atoms with Gasteiger partial charge in [0, 0.05) is 43.7 Å². The van der Waals surface area contributed by atoms with Crippen molar-refractivity contribution in [2.75, 3.05) is 19.6 Å². The number of fused-ring (bicyclic) bond motifs is 4. The van der Waals surface area contributed by atoms with Gasteiger partial charge >= 0.3 is 0 Å². The number of amides is 2. The van der Waals surface area contributed by atoms with E-state index >= 15 is 0 Å². The highest BCUT2D eigenvalue weighted by molar-refractivity contribution is 5.95. The minimum absolute atomic E-state index is 0.0373. The van der Waals surface area contributed by atoms with E-state index in [0.29, 0.717) is 36.8 Å². The first-order valence-corrected chi connectivity index (χ1v) is 9.76. The van der Waals surface area contributed by atoms with E-state index in [2.05, 4.69) is 12.1 Å². The van der Waals surface area contributed by atoms with Gasteiger partial charge in [-0.05, 0) is 37.3 Å². The monoisotopic (exact) mass is 367 g/mol. The average Bonchev–Trinajstić information content (AvgIpc) is 2.97. The van der Waals surface area contributed by atoms with Gasteiger partial charge in [0.05, 0.1) is 0 Å². The lowest BCUT2D eigenvalue weighted by atomic mass is 9.94. The van der Waals surface area contributed by atoms with Crippen molar-refractivity contribution in [2.45, 2.75) is 38.6 Å². The predicted molar refractivity (Wildman–Crippen MR) is 100 cm³/mol. The van der Waals surface area contributed by atoms with Gasteiger partial charge in [0.25, 0.3) is 11.8 Å². The van der Waals surface area contributed by atoms with Gasteiger partial charge in [-0.25, -0.2) is 0 Å². The van der Waals surface area contributed by atoms with Gasteiger partial charge in [0.2, 0.25) is 0 Å². The molecule has 0 aliphatic carbocycles. The van der Waals surface area contributed by atoms with Gasteiger partial charge in [-0.2, -0.15) is 0 Å². The van der Waals surface area contributed by atoms with E-state index in [4.69, 9.17) is 4.52 Å². The molecule has 2 atom stereocenters. The lowest BCUT2D eigenvalue weighted by molar-refractivity contribution is 0.0564. The summed E-state index contributed by atoms with van der Waals surface area (Å²) in [5.74, 6) is 1.03. The molecule has 0 saturated carbocycles. The van der Waals surface area contributed by atoms with Crippen LogP contribution >= 0.6 is 0 Å². The third kappa shape index (κ3) is 3.61. The summed E-state index contributed by atoms with van der Waals surface area (Å²) in [6, 6.07) is 11.2. The van der Waals surface area contributed by atoms with Crippen molar-refractivity contribution < 1.29 is 14.1 Å². The Bertz CT molecular complexity index is 817. The van der Waals surface area contributed by atoms with Crippen LogP contribution in [0.4, 0.5) is 0 Å². The van der Waals surface area contributed by atoms with E-state index in [9.17, 15) is 9.59 Å². The summed E-state index contributed by atoms with van der Waals surface area (Å²) < 4.78 is 5.28. The van der Waals surface area contributed by atoms with Crippen molar-refractivity contribution >= 4 is 11.8 Å². The maximum atomic E-state index is 13.0. The molecular formula is C21H25N3O3. The molecule has 2 aromatic rings. The highest BCUT2D eigenvalue weighted by Crippen LogP contribution is 2.30. The summed E-state index contributed by atoms with van der Waals surface area (Å²) in [4.78, 5) is 29.7. The van der Waals surface area contributed by atoms with Crippen LogP contribution in [-0.2, 0) is 6.42 Å². The molecule has 2 bridgehead atoms. The lowest BCUT2D eigenvalue weighted by Crippen LogP contribution is -2.47. The zero-order chi connectivity index (χ0) is 18.8. The number of carbonyl (C=O) groups is 2. The number of piperidine rings is 1. The van der Waals surface area contributed by atoms with Crippen LogP contribution in [-0.4, -0.2) is 52.4 Å². The average molecular weight is 367 g/mol. The molecule has 5 rings (SSSR count). The Hall–Kier alpha value is -2.63. The molecule has 0 radical (unpaired) electrons. The molecule has 3 aliphatic heterocycles. The smallest absolute Gasteiger partial charge is 0.276 e. The molecule has 3 saturated heterocycles. The molecule has 2 amide bonds. The fourth-order valence-electron chi connectivity index (χ4n) is 4.18. The first-order valence-electron chi connectivity index (χ1n) is 9.76. The fraction of sp³-hybridized carbons (Fsp3) is 0.476. The van der Waals surface area contributed by atoms with Crippen molar-refractivity contribution in [1.82, 2.24) is 15.0 Å².